The van der Waals surface area contributed by atoms with E-state index in [0.717, 1.165) is 25.0 Å². The Kier molecular flexibility index (Phi) is 20.7. The second kappa shape index (κ2) is 22.3. The molecule has 0 amide bonds. The van der Waals surface area contributed by atoms with Gasteiger partial charge in [-0.25, -0.2) is 4.79 Å². The number of thioether (sulfide) groups is 1. The molecular formula is C33H57O7PS. The van der Waals surface area contributed by atoms with Crippen LogP contribution in [0.25, 0.3) is 0 Å². The number of rotatable bonds is 26. The fourth-order valence-corrected chi connectivity index (χ4v) is 5.78. The zero-order chi connectivity index (χ0) is 31.3. The lowest BCUT2D eigenvalue weighted by Crippen LogP contribution is -2.36. The topological polar surface area (TPSA) is 102 Å². The van der Waals surface area contributed by atoms with Crippen LogP contribution in [0.5, 0.6) is 5.75 Å². The Morgan fingerprint density at radius 2 is 1.45 bits per heavy atom. The summed E-state index contributed by atoms with van der Waals surface area (Å²) in [5, 5.41) is 18.6. The van der Waals surface area contributed by atoms with Gasteiger partial charge in [-0.1, -0.05) is 91.2 Å². The molecule has 0 saturated carbocycles. The minimum Gasteiger partial charge on any atom is -0.488 e. The van der Waals surface area contributed by atoms with Crippen LogP contribution in [0.15, 0.2) is 24.3 Å². The van der Waals surface area contributed by atoms with E-state index in [1.165, 1.54) is 74.9 Å². The Morgan fingerprint density at radius 1 is 0.881 bits per heavy atom. The van der Waals surface area contributed by atoms with Crippen molar-refractivity contribution in [2.45, 2.75) is 141 Å². The lowest BCUT2D eigenvalue weighted by atomic mass is 9.87. The summed E-state index contributed by atoms with van der Waals surface area (Å²) < 4.78 is 28.3. The summed E-state index contributed by atoms with van der Waals surface area (Å²) in [5.41, 5.74) is -1.40. The number of aliphatic carboxylic acids is 1. The van der Waals surface area contributed by atoms with Crippen molar-refractivity contribution >= 4 is 26.2 Å². The lowest BCUT2D eigenvalue weighted by Gasteiger charge is -2.26. The summed E-state index contributed by atoms with van der Waals surface area (Å²) in [6, 6.07) is 8.26. The SMILES string of the molecule is CCCCCCCCSCCCCCCCC(Oc1ccc(C(C)(C)C)cc1)C(C)OCCCOC(O)(P=O)C(=O)O. The summed E-state index contributed by atoms with van der Waals surface area (Å²) in [5.74, 6) is 1.68. The van der Waals surface area contributed by atoms with E-state index in [4.69, 9.17) is 19.3 Å². The largest absolute Gasteiger partial charge is 0.488 e. The average Bonchev–Trinajstić information content (AvgIpc) is 2.95. The molecule has 1 aromatic carbocycles. The monoisotopic (exact) mass is 628 g/mol. The molecule has 1 rings (SSSR count). The molecule has 0 fully saturated rings. The van der Waals surface area contributed by atoms with Gasteiger partial charge in [-0.3, -0.25) is 4.57 Å². The van der Waals surface area contributed by atoms with Crippen molar-refractivity contribution < 1.29 is 33.8 Å². The second-order valence-corrected chi connectivity index (χ2v) is 14.2. The van der Waals surface area contributed by atoms with E-state index in [1.54, 1.807) is 0 Å². The Balaban J connectivity index is 2.44. The van der Waals surface area contributed by atoms with Gasteiger partial charge in [0.15, 0.2) is 0 Å². The highest BCUT2D eigenvalue weighted by molar-refractivity contribution is 7.99. The Bertz CT molecular complexity index is 846. The highest BCUT2D eigenvalue weighted by Gasteiger charge is 2.38. The standard InChI is InChI=1S/C33H57O7PS/c1-6-7-8-9-12-15-25-42-26-16-13-10-11-14-18-30(40-29-21-19-28(20-22-29)32(3,4)5)27(2)38-23-17-24-39-33(36,41-37)31(34)35/h19-22,27,30,36H,6-18,23-26H2,1-5H3,(H,34,35). The molecule has 0 aromatic heterocycles. The maximum atomic E-state index is 11.0. The van der Waals surface area contributed by atoms with E-state index >= 15 is 0 Å². The molecule has 9 heteroatoms. The van der Waals surface area contributed by atoms with Crippen LogP contribution >= 0.6 is 20.2 Å². The summed E-state index contributed by atoms with van der Waals surface area (Å²) in [6.45, 7) is 11.0. The van der Waals surface area contributed by atoms with Gasteiger partial charge in [0.05, 0.1) is 12.7 Å². The third kappa shape index (κ3) is 17.2. The molecule has 42 heavy (non-hydrogen) atoms. The van der Waals surface area contributed by atoms with Gasteiger partial charge in [0.25, 0.3) is 0 Å². The Labute approximate surface area is 261 Å². The van der Waals surface area contributed by atoms with Crippen LogP contribution in [0.2, 0.25) is 0 Å². The molecule has 0 spiro atoms. The third-order valence-corrected chi connectivity index (χ3v) is 9.05. The van der Waals surface area contributed by atoms with Gasteiger partial charge >= 0.3 is 11.5 Å². The predicted octanol–water partition coefficient (Wildman–Crippen LogP) is 9.00. The number of carbonyl (C=O) groups is 1. The van der Waals surface area contributed by atoms with Crippen molar-refractivity contribution in [3.63, 3.8) is 0 Å². The molecule has 0 bridgehead atoms. The zero-order valence-electron chi connectivity index (χ0n) is 26.8. The molecule has 0 radical (unpaired) electrons. The van der Waals surface area contributed by atoms with E-state index in [9.17, 15) is 14.5 Å². The van der Waals surface area contributed by atoms with Crippen LogP contribution < -0.4 is 4.74 Å². The molecule has 0 aliphatic carbocycles. The minimum atomic E-state index is -2.72. The van der Waals surface area contributed by atoms with Gasteiger partial charge in [-0.15, -0.1) is 0 Å². The number of hydrogen-bond acceptors (Lipinski definition) is 7. The third-order valence-electron chi connectivity index (χ3n) is 7.33. The number of unbranched alkanes of at least 4 members (excludes halogenated alkanes) is 9. The van der Waals surface area contributed by atoms with Crippen molar-refractivity contribution in [3.8, 4) is 5.75 Å². The lowest BCUT2D eigenvalue weighted by molar-refractivity contribution is -0.190. The van der Waals surface area contributed by atoms with Gasteiger partial charge in [-0.05, 0) is 73.6 Å². The van der Waals surface area contributed by atoms with E-state index < -0.39 is 20.0 Å². The molecule has 7 nitrogen and oxygen atoms in total. The quantitative estimate of drug-likeness (QED) is 0.0595. The molecule has 1 aromatic rings. The first-order valence-electron chi connectivity index (χ1n) is 15.9. The summed E-state index contributed by atoms with van der Waals surface area (Å²) >= 11 is 2.10. The summed E-state index contributed by atoms with van der Waals surface area (Å²) in [7, 11) is -1.01. The van der Waals surface area contributed by atoms with Gasteiger partial charge in [0.1, 0.15) is 11.9 Å². The van der Waals surface area contributed by atoms with Crippen molar-refractivity contribution in [1.82, 2.24) is 0 Å². The van der Waals surface area contributed by atoms with Crippen LogP contribution in [-0.2, 0) is 24.2 Å². The first kappa shape index (κ1) is 38.8. The Hall–Kier alpha value is -1.18. The molecule has 2 N–H and O–H groups in total. The van der Waals surface area contributed by atoms with Gasteiger partial charge < -0.3 is 24.4 Å². The molecule has 3 unspecified atom stereocenters. The molecule has 0 heterocycles. The van der Waals surface area contributed by atoms with Crippen molar-refractivity contribution in [2.24, 2.45) is 0 Å². The molecule has 0 aliphatic heterocycles. The highest BCUT2D eigenvalue weighted by Crippen LogP contribution is 2.26. The van der Waals surface area contributed by atoms with Gasteiger partial charge in [0.2, 0.25) is 8.46 Å². The van der Waals surface area contributed by atoms with E-state index in [1.807, 2.05) is 19.1 Å². The van der Waals surface area contributed by atoms with E-state index in [-0.39, 0.29) is 24.2 Å². The number of benzene rings is 1. The van der Waals surface area contributed by atoms with Crippen LogP contribution in [0.1, 0.15) is 124 Å². The smallest absolute Gasteiger partial charge is 0.377 e. The molecule has 3 atom stereocenters. The number of hydrogen-bond donors (Lipinski definition) is 2. The maximum Gasteiger partial charge on any atom is 0.377 e. The summed E-state index contributed by atoms with van der Waals surface area (Å²) in [4.78, 5) is 11.0. The Morgan fingerprint density at radius 3 is 2.00 bits per heavy atom. The van der Waals surface area contributed by atoms with Gasteiger partial charge in [0, 0.05) is 6.61 Å². The normalized spacial score (nSPS) is 14.9. The van der Waals surface area contributed by atoms with Crippen molar-refractivity contribution in [1.29, 1.82) is 0 Å². The van der Waals surface area contributed by atoms with Crippen LogP contribution in [0.3, 0.4) is 0 Å². The van der Waals surface area contributed by atoms with Crippen molar-refractivity contribution in [3.05, 3.63) is 29.8 Å². The summed E-state index contributed by atoms with van der Waals surface area (Å²) in [6.07, 6.45) is 15.1. The average molecular weight is 629 g/mol. The van der Waals surface area contributed by atoms with Crippen LogP contribution in [0.4, 0.5) is 0 Å². The van der Waals surface area contributed by atoms with Crippen molar-refractivity contribution in [2.75, 3.05) is 24.7 Å². The predicted molar refractivity (Wildman–Crippen MR) is 174 cm³/mol. The number of ether oxygens (including phenoxy) is 3. The number of carboxylic acid groups (broad SMARTS) is 1. The van der Waals surface area contributed by atoms with E-state index in [0.29, 0.717) is 13.0 Å². The fourth-order valence-electron chi connectivity index (χ4n) is 4.54. The molecular weight excluding hydrogens is 571 g/mol. The van der Waals surface area contributed by atoms with E-state index in [2.05, 4.69) is 51.6 Å². The zero-order valence-corrected chi connectivity index (χ0v) is 28.5. The molecule has 0 saturated heterocycles. The molecule has 0 aliphatic rings. The second-order valence-electron chi connectivity index (χ2n) is 12.1. The minimum absolute atomic E-state index is 0.0710. The fraction of sp³-hybridized carbons (Fsp3) is 0.788. The van der Waals surface area contributed by atoms with Gasteiger partial charge in [-0.2, -0.15) is 11.8 Å². The van der Waals surface area contributed by atoms with Crippen LogP contribution in [-0.4, -0.2) is 58.6 Å². The highest BCUT2D eigenvalue weighted by atomic mass is 32.2. The number of carboxylic acids is 1. The first-order chi connectivity index (χ1) is 20.0. The first-order valence-corrected chi connectivity index (χ1v) is 17.9. The molecule has 242 valence electrons. The maximum absolute atomic E-state index is 11.0. The number of aliphatic hydroxyl groups is 1. The van der Waals surface area contributed by atoms with Crippen LogP contribution in [0, 0.1) is 0 Å².